The summed E-state index contributed by atoms with van der Waals surface area (Å²) in [5.41, 5.74) is 3.00. The molecule has 1 atom stereocenters. The Balaban J connectivity index is 1.24. The molecule has 0 radical (unpaired) electrons. The fourth-order valence-electron chi connectivity index (χ4n) is 3.97. The first-order valence-corrected chi connectivity index (χ1v) is 9.66. The predicted molar refractivity (Wildman–Crippen MR) is 105 cm³/mol. The number of anilines is 1. The Morgan fingerprint density at radius 3 is 2.70 bits per heavy atom. The summed E-state index contributed by atoms with van der Waals surface area (Å²) in [5.74, 6) is 0.726. The number of benzene rings is 2. The molecule has 5 nitrogen and oxygen atoms in total. The molecule has 27 heavy (non-hydrogen) atoms. The molecule has 0 spiro atoms. The van der Waals surface area contributed by atoms with Gasteiger partial charge in [-0.15, -0.1) is 0 Å². The SMILES string of the molecule is COc1cccc(N2CCN(CCCC3OC(=O)c4ccccc43)CC2)c1. The summed E-state index contributed by atoms with van der Waals surface area (Å²) in [5, 5.41) is 0. The molecule has 0 aliphatic carbocycles. The van der Waals surface area contributed by atoms with Crippen LogP contribution in [0.4, 0.5) is 5.69 Å². The third kappa shape index (κ3) is 3.93. The number of cyclic esters (lactones) is 1. The average molecular weight is 366 g/mol. The number of carbonyl (C=O) groups is 1. The minimum atomic E-state index is -0.178. The Morgan fingerprint density at radius 1 is 1.07 bits per heavy atom. The maximum Gasteiger partial charge on any atom is 0.339 e. The van der Waals surface area contributed by atoms with Crippen LogP contribution in [0.1, 0.15) is 34.9 Å². The number of methoxy groups -OCH3 is 1. The first kappa shape index (κ1) is 17.9. The molecular formula is C22H26N2O3. The van der Waals surface area contributed by atoms with Gasteiger partial charge in [0, 0.05) is 43.5 Å². The molecular weight excluding hydrogens is 340 g/mol. The standard InChI is InChI=1S/C22H26N2O3/c1-26-18-7-4-6-17(16-18)24-14-12-23(13-15-24)11-5-10-21-19-8-2-3-9-20(19)22(25)27-21/h2-4,6-9,16,21H,5,10-15H2,1H3. The van der Waals surface area contributed by atoms with E-state index in [0.717, 1.165) is 62.4 Å². The van der Waals surface area contributed by atoms with Crippen LogP contribution in [0.3, 0.4) is 0 Å². The van der Waals surface area contributed by atoms with Crippen molar-refractivity contribution in [3.8, 4) is 5.75 Å². The van der Waals surface area contributed by atoms with Gasteiger partial charge in [-0.25, -0.2) is 4.79 Å². The van der Waals surface area contributed by atoms with Crippen molar-refractivity contribution >= 4 is 11.7 Å². The highest BCUT2D eigenvalue weighted by atomic mass is 16.5. The second kappa shape index (κ2) is 8.01. The van der Waals surface area contributed by atoms with Crippen LogP contribution in [-0.4, -0.2) is 50.7 Å². The Bertz CT molecular complexity index is 800. The van der Waals surface area contributed by atoms with Crippen LogP contribution in [0.5, 0.6) is 5.75 Å². The van der Waals surface area contributed by atoms with E-state index in [1.807, 2.05) is 36.4 Å². The summed E-state index contributed by atoms with van der Waals surface area (Å²) in [6.07, 6.45) is 1.84. The van der Waals surface area contributed by atoms with Gasteiger partial charge in [-0.3, -0.25) is 4.90 Å². The van der Waals surface area contributed by atoms with Gasteiger partial charge in [0.15, 0.2) is 0 Å². The summed E-state index contributed by atoms with van der Waals surface area (Å²) in [4.78, 5) is 16.8. The molecule has 2 aliphatic heterocycles. The quantitative estimate of drug-likeness (QED) is 0.732. The normalized spacial score (nSPS) is 19.7. The number of hydrogen-bond donors (Lipinski definition) is 0. The number of fused-ring (bicyclic) bond motifs is 1. The van der Waals surface area contributed by atoms with Gasteiger partial charge in [-0.05, 0) is 37.6 Å². The van der Waals surface area contributed by atoms with Gasteiger partial charge in [0.25, 0.3) is 0 Å². The van der Waals surface area contributed by atoms with Crippen molar-refractivity contribution < 1.29 is 14.3 Å². The maximum absolute atomic E-state index is 11.9. The first-order chi connectivity index (χ1) is 13.2. The van der Waals surface area contributed by atoms with Crippen LogP contribution in [0.25, 0.3) is 0 Å². The topological polar surface area (TPSA) is 42.0 Å². The molecule has 0 N–H and O–H groups in total. The van der Waals surface area contributed by atoms with Crippen molar-refractivity contribution in [3.63, 3.8) is 0 Å². The van der Waals surface area contributed by atoms with E-state index in [4.69, 9.17) is 9.47 Å². The number of piperazine rings is 1. The first-order valence-electron chi connectivity index (χ1n) is 9.66. The number of carbonyl (C=O) groups excluding carboxylic acids is 1. The molecule has 2 aliphatic rings. The number of rotatable bonds is 6. The van der Waals surface area contributed by atoms with Crippen LogP contribution in [0.2, 0.25) is 0 Å². The van der Waals surface area contributed by atoms with E-state index >= 15 is 0 Å². The minimum absolute atomic E-state index is 0.0771. The number of nitrogens with zero attached hydrogens (tertiary/aromatic N) is 2. The zero-order valence-corrected chi connectivity index (χ0v) is 15.8. The van der Waals surface area contributed by atoms with E-state index in [-0.39, 0.29) is 12.1 Å². The Hall–Kier alpha value is -2.53. The molecule has 4 rings (SSSR count). The summed E-state index contributed by atoms with van der Waals surface area (Å²) in [6.45, 7) is 5.20. The zero-order valence-electron chi connectivity index (χ0n) is 15.8. The largest absolute Gasteiger partial charge is 0.497 e. The number of esters is 1. The van der Waals surface area contributed by atoms with Crippen molar-refractivity contribution in [2.45, 2.75) is 18.9 Å². The molecule has 1 saturated heterocycles. The van der Waals surface area contributed by atoms with Gasteiger partial charge in [0.2, 0.25) is 0 Å². The Labute approximate surface area is 160 Å². The molecule has 2 aromatic carbocycles. The lowest BCUT2D eigenvalue weighted by atomic mass is 10.0. The highest BCUT2D eigenvalue weighted by molar-refractivity contribution is 5.93. The monoisotopic (exact) mass is 366 g/mol. The Morgan fingerprint density at radius 2 is 1.89 bits per heavy atom. The molecule has 142 valence electrons. The van der Waals surface area contributed by atoms with Crippen molar-refractivity contribution in [2.24, 2.45) is 0 Å². The van der Waals surface area contributed by atoms with Crippen LogP contribution in [-0.2, 0) is 4.74 Å². The second-order valence-electron chi connectivity index (χ2n) is 7.15. The van der Waals surface area contributed by atoms with E-state index in [1.165, 1.54) is 5.69 Å². The maximum atomic E-state index is 11.9. The van der Waals surface area contributed by atoms with Gasteiger partial charge >= 0.3 is 5.97 Å². The van der Waals surface area contributed by atoms with Gasteiger partial charge in [0.05, 0.1) is 12.7 Å². The number of hydrogen-bond acceptors (Lipinski definition) is 5. The van der Waals surface area contributed by atoms with E-state index in [9.17, 15) is 4.79 Å². The smallest absolute Gasteiger partial charge is 0.339 e. The summed E-state index contributed by atoms with van der Waals surface area (Å²) in [7, 11) is 1.71. The summed E-state index contributed by atoms with van der Waals surface area (Å²) in [6, 6.07) is 16.0. The minimum Gasteiger partial charge on any atom is -0.497 e. The molecule has 0 aromatic heterocycles. The molecule has 5 heteroatoms. The van der Waals surface area contributed by atoms with Crippen molar-refractivity contribution in [2.75, 3.05) is 44.7 Å². The third-order valence-electron chi connectivity index (χ3n) is 5.51. The van der Waals surface area contributed by atoms with E-state index < -0.39 is 0 Å². The molecule has 0 bridgehead atoms. The van der Waals surface area contributed by atoms with Crippen LogP contribution in [0, 0.1) is 0 Å². The third-order valence-corrected chi connectivity index (χ3v) is 5.51. The lowest BCUT2D eigenvalue weighted by molar-refractivity contribution is 0.0358. The molecule has 1 fully saturated rings. The highest BCUT2D eigenvalue weighted by Crippen LogP contribution is 2.33. The van der Waals surface area contributed by atoms with E-state index in [0.29, 0.717) is 0 Å². The van der Waals surface area contributed by atoms with Crippen molar-refractivity contribution in [1.82, 2.24) is 4.90 Å². The second-order valence-corrected chi connectivity index (χ2v) is 7.15. The van der Waals surface area contributed by atoms with Gasteiger partial charge < -0.3 is 14.4 Å². The van der Waals surface area contributed by atoms with Crippen LogP contribution in [0.15, 0.2) is 48.5 Å². The van der Waals surface area contributed by atoms with Crippen LogP contribution >= 0.6 is 0 Å². The molecule has 1 unspecified atom stereocenters. The average Bonchev–Trinajstić information content (AvgIpc) is 3.05. The molecule has 0 saturated carbocycles. The fourth-order valence-corrected chi connectivity index (χ4v) is 3.97. The summed E-state index contributed by atoms with van der Waals surface area (Å²) < 4.78 is 10.9. The molecule has 2 aromatic rings. The van der Waals surface area contributed by atoms with E-state index in [2.05, 4.69) is 21.9 Å². The van der Waals surface area contributed by atoms with Gasteiger partial charge in [0.1, 0.15) is 11.9 Å². The van der Waals surface area contributed by atoms with Gasteiger partial charge in [-0.1, -0.05) is 24.3 Å². The predicted octanol–water partition coefficient (Wildman–Crippen LogP) is 3.51. The lowest BCUT2D eigenvalue weighted by Crippen LogP contribution is -2.46. The molecule has 2 heterocycles. The summed E-state index contributed by atoms with van der Waals surface area (Å²) >= 11 is 0. The van der Waals surface area contributed by atoms with E-state index in [1.54, 1.807) is 7.11 Å². The fraction of sp³-hybridized carbons (Fsp3) is 0.409. The van der Waals surface area contributed by atoms with Crippen LogP contribution < -0.4 is 9.64 Å². The molecule has 0 amide bonds. The number of ether oxygens (including phenoxy) is 2. The lowest BCUT2D eigenvalue weighted by Gasteiger charge is -2.36. The zero-order chi connectivity index (χ0) is 18.6. The highest BCUT2D eigenvalue weighted by Gasteiger charge is 2.30. The Kier molecular flexibility index (Phi) is 5.30. The van der Waals surface area contributed by atoms with Gasteiger partial charge in [-0.2, -0.15) is 0 Å². The van der Waals surface area contributed by atoms with Crippen molar-refractivity contribution in [1.29, 1.82) is 0 Å². The van der Waals surface area contributed by atoms with Crippen molar-refractivity contribution in [3.05, 3.63) is 59.7 Å².